The first-order valence-electron chi connectivity index (χ1n) is 6.64. The molecule has 4 nitrogen and oxygen atoms in total. The Morgan fingerprint density at radius 1 is 1.21 bits per heavy atom. The van der Waals surface area contributed by atoms with Gasteiger partial charge in [0.2, 0.25) is 0 Å². The highest BCUT2D eigenvalue weighted by Gasteiger charge is 2.36. The summed E-state index contributed by atoms with van der Waals surface area (Å²) in [5.41, 5.74) is -0.269. The summed E-state index contributed by atoms with van der Waals surface area (Å²) in [4.78, 5) is 23.3. The maximum absolute atomic E-state index is 12.2. The quantitative estimate of drug-likeness (QED) is 0.846. The minimum atomic E-state index is -1.11. The van der Waals surface area contributed by atoms with Crippen LogP contribution in [-0.2, 0) is 4.74 Å². The average Bonchev–Trinajstić information content (AvgIpc) is 2.87. The van der Waals surface area contributed by atoms with Crippen LogP contribution in [0.25, 0.3) is 0 Å². The molecule has 4 heteroatoms. The highest BCUT2D eigenvalue weighted by Crippen LogP contribution is 2.36. The van der Waals surface area contributed by atoms with Crippen molar-refractivity contribution in [2.75, 3.05) is 0 Å². The van der Waals surface area contributed by atoms with Gasteiger partial charge >= 0.3 is 11.9 Å². The molecule has 2 rings (SSSR count). The van der Waals surface area contributed by atoms with Gasteiger partial charge in [0, 0.05) is 0 Å². The van der Waals surface area contributed by atoms with E-state index in [2.05, 4.69) is 0 Å². The zero-order valence-electron chi connectivity index (χ0n) is 11.0. The van der Waals surface area contributed by atoms with E-state index in [0.717, 1.165) is 32.1 Å². The van der Waals surface area contributed by atoms with Gasteiger partial charge in [-0.05, 0) is 44.2 Å². The number of benzene rings is 1. The van der Waals surface area contributed by atoms with Crippen molar-refractivity contribution in [2.24, 2.45) is 0 Å². The second kappa shape index (κ2) is 5.43. The van der Waals surface area contributed by atoms with Gasteiger partial charge in [0.25, 0.3) is 0 Å². The van der Waals surface area contributed by atoms with Crippen molar-refractivity contribution in [3.8, 4) is 0 Å². The highest BCUT2D eigenvalue weighted by molar-refractivity contribution is 6.02. The van der Waals surface area contributed by atoms with E-state index in [4.69, 9.17) is 9.84 Å². The van der Waals surface area contributed by atoms with E-state index in [9.17, 15) is 9.59 Å². The first-order chi connectivity index (χ1) is 9.08. The number of aromatic carboxylic acids is 1. The van der Waals surface area contributed by atoms with Crippen LogP contribution in [0.4, 0.5) is 0 Å². The van der Waals surface area contributed by atoms with Crippen LogP contribution in [0.2, 0.25) is 0 Å². The molecular weight excluding hydrogens is 244 g/mol. The number of carbonyl (C=O) groups is 2. The maximum Gasteiger partial charge on any atom is 0.339 e. The van der Waals surface area contributed by atoms with Crippen molar-refractivity contribution in [1.82, 2.24) is 0 Å². The monoisotopic (exact) mass is 262 g/mol. The Kier molecular flexibility index (Phi) is 3.88. The first kappa shape index (κ1) is 13.6. The predicted octanol–water partition coefficient (Wildman–Crippen LogP) is 3.26. The van der Waals surface area contributed by atoms with E-state index in [1.165, 1.54) is 12.1 Å². The Morgan fingerprint density at radius 2 is 1.79 bits per heavy atom. The molecule has 1 fully saturated rings. The Morgan fingerprint density at radius 3 is 2.32 bits per heavy atom. The lowest BCUT2D eigenvalue weighted by Gasteiger charge is -2.27. The molecule has 0 spiro atoms. The van der Waals surface area contributed by atoms with Crippen LogP contribution in [0, 0.1) is 0 Å². The molecule has 0 radical (unpaired) electrons. The van der Waals surface area contributed by atoms with Crippen molar-refractivity contribution < 1.29 is 19.4 Å². The molecule has 1 aliphatic rings. The largest absolute Gasteiger partial charge is 0.478 e. The third kappa shape index (κ3) is 2.78. The van der Waals surface area contributed by atoms with E-state index >= 15 is 0 Å². The Bertz CT molecular complexity index is 487. The Hall–Kier alpha value is -1.84. The molecule has 1 aromatic rings. The summed E-state index contributed by atoms with van der Waals surface area (Å²) in [6.45, 7) is 2.00. The minimum Gasteiger partial charge on any atom is -0.478 e. The zero-order valence-corrected chi connectivity index (χ0v) is 11.0. The molecule has 0 amide bonds. The van der Waals surface area contributed by atoms with E-state index in [-0.39, 0.29) is 11.1 Å². The topological polar surface area (TPSA) is 63.6 Å². The van der Waals surface area contributed by atoms with E-state index in [1.54, 1.807) is 12.1 Å². The lowest BCUT2D eigenvalue weighted by Crippen LogP contribution is -2.31. The van der Waals surface area contributed by atoms with Crippen LogP contribution in [0.15, 0.2) is 24.3 Å². The van der Waals surface area contributed by atoms with Crippen LogP contribution < -0.4 is 0 Å². The average molecular weight is 262 g/mol. The van der Waals surface area contributed by atoms with Crippen molar-refractivity contribution in [2.45, 2.75) is 44.6 Å². The SMILES string of the molecule is CCC1(OC(=O)c2ccccc2C(=O)O)CCCC1. The fraction of sp³-hybridized carbons (Fsp3) is 0.467. The number of esters is 1. The van der Waals surface area contributed by atoms with E-state index in [1.807, 2.05) is 6.92 Å². The molecule has 1 N–H and O–H groups in total. The summed E-state index contributed by atoms with van der Waals surface area (Å²) in [5, 5.41) is 9.09. The Labute approximate surface area is 112 Å². The van der Waals surface area contributed by atoms with Gasteiger partial charge in [0.15, 0.2) is 0 Å². The predicted molar refractivity (Wildman–Crippen MR) is 70.3 cm³/mol. The lowest BCUT2D eigenvalue weighted by atomic mass is 9.98. The summed E-state index contributed by atoms with van der Waals surface area (Å²) >= 11 is 0. The van der Waals surface area contributed by atoms with E-state index < -0.39 is 17.5 Å². The van der Waals surface area contributed by atoms with Gasteiger partial charge in [-0.15, -0.1) is 0 Å². The second-order valence-electron chi connectivity index (χ2n) is 4.98. The minimum absolute atomic E-state index is 0.00301. The summed E-state index contributed by atoms with van der Waals surface area (Å²) in [5.74, 6) is -1.63. The molecule has 1 aromatic carbocycles. The molecule has 102 valence electrons. The fourth-order valence-electron chi connectivity index (χ4n) is 2.65. The van der Waals surface area contributed by atoms with Gasteiger partial charge in [-0.1, -0.05) is 19.1 Å². The first-order valence-corrected chi connectivity index (χ1v) is 6.64. The molecule has 0 atom stereocenters. The molecule has 19 heavy (non-hydrogen) atoms. The third-order valence-corrected chi connectivity index (χ3v) is 3.85. The van der Waals surface area contributed by atoms with Crippen molar-refractivity contribution >= 4 is 11.9 Å². The molecule has 0 unspecified atom stereocenters. The molecule has 1 saturated carbocycles. The summed E-state index contributed by atoms with van der Waals surface area (Å²) in [7, 11) is 0. The number of carboxylic acids is 1. The standard InChI is InChI=1S/C15H18O4/c1-2-15(9-5-6-10-15)19-14(18)12-8-4-3-7-11(12)13(16)17/h3-4,7-8H,2,5-6,9-10H2,1H3,(H,16,17). The van der Waals surface area contributed by atoms with Crippen LogP contribution in [0.5, 0.6) is 0 Å². The number of hydrogen-bond acceptors (Lipinski definition) is 3. The van der Waals surface area contributed by atoms with Gasteiger partial charge in [0.1, 0.15) is 5.60 Å². The Balaban J connectivity index is 2.23. The van der Waals surface area contributed by atoms with Crippen LogP contribution >= 0.6 is 0 Å². The molecule has 0 saturated heterocycles. The van der Waals surface area contributed by atoms with Crippen LogP contribution in [-0.4, -0.2) is 22.6 Å². The number of carboxylic acid groups (broad SMARTS) is 1. The molecule has 0 aromatic heterocycles. The third-order valence-electron chi connectivity index (χ3n) is 3.85. The normalized spacial score (nSPS) is 17.1. The molecule has 0 bridgehead atoms. The van der Waals surface area contributed by atoms with Gasteiger partial charge in [-0.2, -0.15) is 0 Å². The smallest absolute Gasteiger partial charge is 0.339 e. The summed E-state index contributed by atoms with van der Waals surface area (Å²) in [6, 6.07) is 6.18. The summed E-state index contributed by atoms with van der Waals surface area (Å²) < 4.78 is 5.62. The van der Waals surface area contributed by atoms with Crippen molar-refractivity contribution in [3.05, 3.63) is 35.4 Å². The summed E-state index contributed by atoms with van der Waals surface area (Å²) in [6.07, 6.45) is 4.62. The van der Waals surface area contributed by atoms with Crippen LogP contribution in [0.3, 0.4) is 0 Å². The fourth-order valence-corrected chi connectivity index (χ4v) is 2.65. The molecule has 1 aliphatic carbocycles. The molecule has 0 heterocycles. The highest BCUT2D eigenvalue weighted by atomic mass is 16.6. The molecule has 0 aliphatic heterocycles. The van der Waals surface area contributed by atoms with Gasteiger partial charge in [0.05, 0.1) is 11.1 Å². The van der Waals surface area contributed by atoms with Crippen LogP contribution in [0.1, 0.15) is 59.7 Å². The maximum atomic E-state index is 12.2. The van der Waals surface area contributed by atoms with Crippen molar-refractivity contribution in [1.29, 1.82) is 0 Å². The van der Waals surface area contributed by atoms with Gasteiger partial charge in [-0.25, -0.2) is 9.59 Å². The zero-order chi connectivity index (χ0) is 13.9. The van der Waals surface area contributed by atoms with Crippen molar-refractivity contribution in [3.63, 3.8) is 0 Å². The number of rotatable bonds is 4. The van der Waals surface area contributed by atoms with Gasteiger partial charge in [-0.3, -0.25) is 0 Å². The van der Waals surface area contributed by atoms with Gasteiger partial charge < -0.3 is 9.84 Å². The number of hydrogen-bond donors (Lipinski definition) is 1. The van der Waals surface area contributed by atoms with E-state index in [0.29, 0.717) is 0 Å². The number of carbonyl (C=O) groups excluding carboxylic acids is 1. The lowest BCUT2D eigenvalue weighted by molar-refractivity contribution is -0.0174. The number of ether oxygens (including phenoxy) is 1. The molecular formula is C15H18O4. The second-order valence-corrected chi connectivity index (χ2v) is 4.98.